The molecule has 0 fully saturated rings. The van der Waals surface area contributed by atoms with E-state index < -0.39 is 0 Å². The molecular weight excluding hydrogens is 154 g/mol. The van der Waals surface area contributed by atoms with Crippen LogP contribution in [0.25, 0.3) is 11.2 Å². The number of hydrogen-bond acceptors (Lipinski definition) is 3. The molecule has 0 atom stereocenters. The van der Waals surface area contributed by atoms with E-state index >= 15 is 0 Å². The Bertz CT molecular complexity index is 464. The highest BCUT2D eigenvalue weighted by molar-refractivity contribution is 5.68. The summed E-state index contributed by atoms with van der Waals surface area (Å²) in [6.45, 7) is 0. The van der Waals surface area contributed by atoms with Crippen molar-refractivity contribution in [3.63, 3.8) is 0 Å². The van der Waals surface area contributed by atoms with Gasteiger partial charge in [0.2, 0.25) is 0 Å². The van der Waals surface area contributed by atoms with Crippen molar-refractivity contribution in [3.8, 4) is 0 Å². The number of nitrogens with zero attached hydrogens (tertiary/aromatic N) is 4. The summed E-state index contributed by atoms with van der Waals surface area (Å²) in [5.41, 5.74) is 2.44. The summed E-state index contributed by atoms with van der Waals surface area (Å²) in [4.78, 5) is 15.3. The first-order valence-electron chi connectivity index (χ1n) is 3.60. The molecule has 0 unspecified atom stereocenters. The summed E-state index contributed by atoms with van der Waals surface area (Å²) in [5, 5.41) is 0. The van der Waals surface area contributed by atoms with E-state index in [4.69, 9.17) is 0 Å². The SMILES string of the molecule is CN=c1ncn(C)c2nc[nH]c12. The molecule has 2 heterocycles. The molecule has 2 rings (SSSR count). The quantitative estimate of drug-likeness (QED) is 0.586. The number of nitrogens with one attached hydrogen (secondary N) is 1. The van der Waals surface area contributed by atoms with Gasteiger partial charge in [0.05, 0.1) is 12.7 Å². The van der Waals surface area contributed by atoms with Gasteiger partial charge in [0.25, 0.3) is 0 Å². The topological polar surface area (TPSA) is 58.9 Å². The zero-order chi connectivity index (χ0) is 8.55. The summed E-state index contributed by atoms with van der Waals surface area (Å²) in [6.07, 6.45) is 3.34. The van der Waals surface area contributed by atoms with Gasteiger partial charge >= 0.3 is 0 Å². The first-order chi connectivity index (χ1) is 5.83. The number of fused-ring (bicyclic) bond motifs is 1. The Labute approximate surface area is 68.8 Å². The van der Waals surface area contributed by atoms with Crippen LogP contribution in [0, 0.1) is 0 Å². The van der Waals surface area contributed by atoms with Gasteiger partial charge in [-0.15, -0.1) is 0 Å². The van der Waals surface area contributed by atoms with Crippen molar-refractivity contribution < 1.29 is 0 Å². The lowest BCUT2D eigenvalue weighted by Gasteiger charge is -1.96. The first kappa shape index (κ1) is 7.02. The van der Waals surface area contributed by atoms with Crippen LogP contribution in [0.15, 0.2) is 17.6 Å². The maximum atomic E-state index is 4.13. The molecule has 0 radical (unpaired) electrons. The molecule has 0 aliphatic carbocycles. The molecule has 0 aliphatic rings. The maximum absolute atomic E-state index is 4.13. The fourth-order valence-corrected chi connectivity index (χ4v) is 1.15. The second-order valence-corrected chi connectivity index (χ2v) is 2.50. The molecule has 0 saturated carbocycles. The van der Waals surface area contributed by atoms with Crippen LogP contribution in [0.1, 0.15) is 0 Å². The fourth-order valence-electron chi connectivity index (χ4n) is 1.15. The minimum Gasteiger partial charge on any atom is -0.340 e. The largest absolute Gasteiger partial charge is 0.340 e. The van der Waals surface area contributed by atoms with E-state index in [1.165, 1.54) is 0 Å². The van der Waals surface area contributed by atoms with Crippen LogP contribution in [0.3, 0.4) is 0 Å². The molecular formula is C7H9N5. The van der Waals surface area contributed by atoms with Gasteiger partial charge in [0, 0.05) is 14.1 Å². The van der Waals surface area contributed by atoms with Gasteiger partial charge in [-0.1, -0.05) is 0 Å². The monoisotopic (exact) mass is 163 g/mol. The zero-order valence-electron chi connectivity index (χ0n) is 6.94. The van der Waals surface area contributed by atoms with E-state index in [0.29, 0.717) is 5.49 Å². The molecule has 5 nitrogen and oxygen atoms in total. The van der Waals surface area contributed by atoms with Crippen molar-refractivity contribution in [1.29, 1.82) is 0 Å². The minimum atomic E-state index is 0.695. The third kappa shape index (κ3) is 0.827. The lowest BCUT2D eigenvalue weighted by Crippen LogP contribution is -2.12. The van der Waals surface area contributed by atoms with Crippen LogP contribution >= 0.6 is 0 Å². The molecule has 12 heavy (non-hydrogen) atoms. The van der Waals surface area contributed by atoms with E-state index in [1.54, 1.807) is 19.7 Å². The molecule has 0 bridgehead atoms. The van der Waals surface area contributed by atoms with Crippen LogP contribution in [-0.2, 0) is 7.05 Å². The normalized spacial score (nSPS) is 12.7. The highest BCUT2D eigenvalue weighted by Gasteiger charge is 2.00. The van der Waals surface area contributed by atoms with E-state index in [1.807, 2.05) is 11.6 Å². The Hall–Kier alpha value is -1.65. The van der Waals surface area contributed by atoms with Gasteiger partial charge in [0.15, 0.2) is 11.1 Å². The Morgan fingerprint density at radius 2 is 2.33 bits per heavy atom. The zero-order valence-corrected chi connectivity index (χ0v) is 6.94. The van der Waals surface area contributed by atoms with E-state index in [-0.39, 0.29) is 0 Å². The second kappa shape index (κ2) is 2.44. The van der Waals surface area contributed by atoms with Crippen LogP contribution in [0.5, 0.6) is 0 Å². The predicted octanol–water partition coefficient (Wildman–Crippen LogP) is -0.173. The summed E-state index contributed by atoms with van der Waals surface area (Å²) in [6, 6.07) is 0. The molecule has 0 saturated heterocycles. The van der Waals surface area contributed by atoms with Crippen LogP contribution < -0.4 is 5.49 Å². The lowest BCUT2D eigenvalue weighted by molar-refractivity contribution is 0.879. The molecule has 5 heteroatoms. The van der Waals surface area contributed by atoms with Gasteiger partial charge in [-0.25, -0.2) is 9.97 Å². The van der Waals surface area contributed by atoms with Crippen LogP contribution in [0.2, 0.25) is 0 Å². The number of aromatic nitrogens is 4. The molecule has 0 aromatic carbocycles. The number of hydrogen-bond donors (Lipinski definition) is 1. The van der Waals surface area contributed by atoms with Gasteiger partial charge in [-0.3, -0.25) is 4.99 Å². The second-order valence-electron chi connectivity index (χ2n) is 2.50. The van der Waals surface area contributed by atoms with Crippen molar-refractivity contribution >= 4 is 11.2 Å². The Morgan fingerprint density at radius 1 is 1.50 bits per heavy atom. The molecule has 0 aliphatic heterocycles. The highest BCUT2D eigenvalue weighted by atomic mass is 15.1. The van der Waals surface area contributed by atoms with Crippen molar-refractivity contribution in [3.05, 3.63) is 18.1 Å². The summed E-state index contributed by atoms with van der Waals surface area (Å²) in [7, 11) is 3.61. The number of aryl methyl sites for hydroxylation is 1. The summed E-state index contributed by atoms with van der Waals surface area (Å²) in [5.74, 6) is 0. The summed E-state index contributed by atoms with van der Waals surface area (Å²) < 4.78 is 1.85. The minimum absolute atomic E-state index is 0.695. The Kier molecular flexibility index (Phi) is 1.43. The average molecular weight is 163 g/mol. The van der Waals surface area contributed by atoms with Crippen molar-refractivity contribution in [1.82, 2.24) is 19.5 Å². The van der Waals surface area contributed by atoms with Gasteiger partial charge in [0.1, 0.15) is 5.52 Å². The van der Waals surface area contributed by atoms with Gasteiger partial charge < -0.3 is 9.55 Å². The first-order valence-corrected chi connectivity index (χ1v) is 3.60. The lowest BCUT2D eigenvalue weighted by atomic mass is 10.5. The van der Waals surface area contributed by atoms with Crippen molar-refractivity contribution in [2.24, 2.45) is 12.0 Å². The van der Waals surface area contributed by atoms with E-state index in [2.05, 4.69) is 19.9 Å². The summed E-state index contributed by atoms with van der Waals surface area (Å²) >= 11 is 0. The number of imidazole rings is 1. The Balaban J connectivity index is 3.02. The van der Waals surface area contributed by atoms with Gasteiger partial charge in [-0.05, 0) is 0 Å². The third-order valence-corrected chi connectivity index (χ3v) is 1.74. The molecule has 2 aromatic rings. The smallest absolute Gasteiger partial charge is 0.176 e. The number of H-pyrrole nitrogens is 1. The van der Waals surface area contributed by atoms with Gasteiger partial charge in [-0.2, -0.15) is 0 Å². The van der Waals surface area contributed by atoms with Crippen LogP contribution in [-0.4, -0.2) is 26.6 Å². The average Bonchev–Trinajstić information content (AvgIpc) is 2.54. The van der Waals surface area contributed by atoms with E-state index in [0.717, 1.165) is 11.2 Å². The molecule has 1 N–H and O–H groups in total. The highest BCUT2D eigenvalue weighted by Crippen LogP contribution is 1.98. The van der Waals surface area contributed by atoms with Crippen molar-refractivity contribution in [2.45, 2.75) is 0 Å². The molecule has 0 amide bonds. The Morgan fingerprint density at radius 3 is 3.08 bits per heavy atom. The van der Waals surface area contributed by atoms with E-state index in [9.17, 15) is 0 Å². The maximum Gasteiger partial charge on any atom is 0.176 e. The number of rotatable bonds is 0. The van der Waals surface area contributed by atoms with Crippen LogP contribution in [0.4, 0.5) is 0 Å². The molecule has 2 aromatic heterocycles. The van der Waals surface area contributed by atoms with Crippen molar-refractivity contribution in [2.75, 3.05) is 7.05 Å². The third-order valence-electron chi connectivity index (χ3n) is 1.74. The predicted molar refractivity (Wildman–Crippen MR) is 44.3 cm³/mol. The molecule has 0 spiro atoms. The fraction of sp³-hybridized carbons (Fsp3) is 0.286. The molecule has 62 valence electrons. The number of aromatic amines is 1. The standard InChI is InChI=1S/C7H9N5/c1-8-6-5-7(10-3-9-5)12(2)4-11-6/h3-4H,1-2H3,(H,9,10).